The third-order valence-corrected chi connectivity index (χ3v) is 6.01. The zero-order valence-electron chi connectivity index (χ0n) is 19.4. The summed E-state index contributed by atoms with van der Waals surface area (Å²) in [5, 5.41) is 6.21. The monoisotopic (exact) mass is 463 g/mol. The van der Waals surface area contributed by atoms with Crippen molar-refractivity contribution in [2.75, 3.05) is 54.5 Å². The van der Waals surface area contributed by atoms with Gasteiger partial charge in [0.2, 0.25) is 11.9 Å². The van der Waals surface area contributed by atoms with E-state index in [-0.39, 0.29) is 17.9 Å². The fraction of sp³-hybridized carbons (Fsp3) is 0.417. The number of nitrogens with one attached hydrogen (secondary N) is 2. The number of aromatic nitrogens is 3. The van der Waals surface area contributed by atoms with Crippen LogP contribution in [0.25, 0.3) is 11.3 Å². The van der Waals surface area contributed by atoms with E-state index in [1.807, 2.05) is 49.1 Å². The van der Waals surface area contributed by atoms with Crippen molar-refractivity contribution in [2.45, 2.75) is 19.9 Å². The maximum Gasteiger partial charge on any atom is 0.298 e. The number of anilines is 4. The number of carbonyl (C=O) groups excluding carboxylic acids is 1. The van der Waals surface area contributed by atoms with Gasteiger partial charge in [0.25, 0.3) is 6.01 Å². The highest BCUT2D eigenvalue weighted by Crippen LogP contribution is 2.30. The standard InChI is InChI=1S/C24H29N7O3/c1-16(2)21-22(32)25-8-9-31(21)24-27-15-19(34-24)17-4-3-5-18(14-17)28-23-26-7-6-20(29-23)30-10-12-33-13-11-30/h3-7,14-16,21H,8-13H2,1-2H3,(H,25,32)(H,26,28,29). The van der Waals surface area contributed by atoms with Crippen molar-refractivity contribution in [1.82, 2.24) is 20.3 Å². The number of hydrogen-bond acceptors (Lipinski definition) is 9. The second-order valence-electron chi connectivity index (χ2n) is 8.72. The molecule has 34 heavy (non-hydrogen) atoms. The van der Waals surface area contributed by atoms with Crippen LogP contribution in [-0.4, -0.2) is 66.3 Å². The van der Waals surface area contributed by atoms with Crippen LogP contribution in [-0.2, 0) is 9.53 Å². The van der Waals surface area contributed by atoms with Gasteiger partial charge in [-0.1, -0.05) is 26.0 Å². The van der Waals surface area contributed by atoms with Gasteiger partial charge in [-0.2, -0.15) is 4.98 Å². The molecule has 2 aliphatic rings. The molecular formula is C24H29N7O3. The summed E-state index contributed by atoms with van der Waals surface area (Å²) in [5.41, 5.74) is 1.71. The van der Waals surface area contributed by atoms with E-state index in [4.69, 9.17) is 9.15 Å². The number of ether oxygens (including phenoxy) is 1. The third kappa shape index (κ3) is 4.67. The normalized spacial score (nSPS) is 18.8. The minimum Gasteiger partial charge on any atom is -0.423 e. The molecule has 2 aliphatic heterocycles. The molecule has 0 spiro atoms. The Hall–Kier alpha value is -3.66. The molecule has 178 valence electrons. The van der Waals surface area contributed by atoms with Gasteiger partial charge in [0.15, 0.2) is 5.76 Å². The zero-order chi connectivity index (χ0) is 23.5. The molecule has 0 radical (unpaired) electrons. The molecule has 4 heterocycles. The van der Waals surface area contributed by atoms with Gasteiger partial charge in [-0.25, -0.2) is 9.97 Å². The van der Waals surface area contributed by atoms with Gasteiger partial charge in [-0.3, -0.25) is 4.79 Å². The second-order valence-corrected chi connectivity index (χ2v) is 8.72. The first kappa shape index (κ1) is 22.1. The van der Waals surface area contributed by atoms with Crippen LogP contribution in [0.3, 0.4) is 0 Å². The van der Waals surface area contributed by atoms with E-state index < -0.39 is 0 Å². The fourth-order valence-electron chi connectivity index (χ4n) is 4.35. The van der Waals surface area contributed by atoms with E-state index in [9.17, 15) is 4.79 Å². The maximum atomic E-state index is 12.4. The predicted molar refractivity (Wildman–Crippen MR) is 129 cm³/mol. The highest BCUT2D eigenvalue weighted by atomic mass is 16.5. The number of piperazine rings is 1. The molecule has 10 nitrogen and oxygen atoms in total. The summed E-state index contributed by atoms with van der Waals surface area (Å²) >= 11 is 0. The van der Waals surface area contributed by atoms with E-state index in [0.717, 1.165) is 30.2 Å². The van der Waals surface area contributed by atoms with Crippen molar-refractivity contribution in [3.05, 3.63) is 42.7 Å². The molecule has 0 bridgehead atoms. The van der Waals surface area contributed by atoms with Crippen molar-refractivity contribution < 1.29 is 13.9 Å². The molecule has 0 aliphatic carbocycles. The van der Waals surface area contributed by atoms with Crippen LogP contribution in [0.15, 0.2) is 47.1 Å². The van der Waals surface area contributed by atoms with E-state index >= 15 is 0 Å². The summed E-state index contributed by atoms with van der Waals surface area (Å²) in [4.78, 5) is 30.0. The van der Waals surface area contributed by atoms with Crippen LogP contribution in [0, 0.1) is 5.92 Å². The first-order valence-electron chi connectivity index (χ1n) is 11.6. The summed E-state index contributed by atoms with van der Waals surface area (Å²) in [5.74, 6) is 2.18. The largest absolute Gasteiger partial charge is 0.423 e. The highest BCUT2D eigenvalue weighted by molar-refractivity contribution is 5.86. The van der Waals surface area contributed by atoms with Crippen LogP contribution in [0.4, 0.5) is 23.5 Å². The Kier molecular flexibility index (Phi) is 6.31. The highest BCUT2D eigenvalue weighted by Gasteiger charge is 2.34. The van der Waals surface area contributed by atoms with E-state index in [1.54, 1.807) is 12.4 Å². The van der Waals surface area contributed by atoms with Crippen molar-refractivity contribution in [3.8, 4) is 11.3 Å². The Balaban J connectivity index is 1.33. The first-order valence-corrected chi connectivity index (χ1v) is 11.6. The minimum absolute atomic E-state index is 0.00602. The number of rotatable bonds is 6. The lowest BCUT2D eigenvalue weighted by atomic mass is 10.0. The quantitative estimate of drug-likeness (QED) is 0.570. The Morgan fingerprint density at radius 3 is 2.82 bits per heavy atom. The second kappa shape index (κ2) is 9.68. The summed E-state index contributed by atoms with van der Waals surface area (Å²) in [7, 11) is 0. The number of morpholine rings is 1. The molecule has 2 saturated heterocycles. The minimum atomic E-state index is -0.302. The molecule has 3 aromatic rings. The molecule has 10 heteroatoms. The Bertz CT molecular complexity index is 1140. The lowest BCUT2D eigenvalue weighted by Gasteiger charge is -2.36. The molecule has 2 aromatic heterocycles. The van der Waals surface area contributed by atoms with Gasteiger partial charge in [0.05, 0.1) is 19.4 Å². The van der Waals surface area contributed by atoms with E-state index in [0.29, 0.717) is 44.0 Å². The smallest absolute Gasteiger partial charge is 0.298 e. The summed E-state index contributed by atoms with van der Waals surface area (Å²) in [6, 6.07) is 9.90. The van der Waals surface area contributed by atoms with Crippen molar-refractivity contribution in [2.24, 2.45) is 5.92 Å². The molecule has 1 amide bonds. The number of carbonyl (C=O) groups is 1. The number of oxazole rings is 1. The van der Waals surface area contributed by atoms with E-state index in [1.165, 1.54) is 0 Å². The first-order chi connectivity index (χ1) is 16.6. The average Bonchev–Trinajstić information content (AvgIpc) is 3.35. The Labute approximate surface area is 198 Å². The number of amides is 1. The van der Waals surface area contributed by atoms with Gasteiger partial charge in [-0.05, 0) is 24.1 Å². The van der Waals surface area contributed by atoms with E-state index in [2.05, 4.69) is 30.5 Å². The average molecular weight is 464 g/mol. The Morgan fingerprint density at radius 1 is 1.15 bits per heavy atom. The predicted octanol–water partition coefficient (Wildman–Crippen LogP) is 2.67. The molecule has 0 saturated carbocycles. The lowest BCUT2D eigenvalue weighted by Crippen LogP contribution is -2.57. The summed E-state index contributed by atoms with van der Waals surface area (Å²) in [6.07, 6.45) is 3.46. The Morgan fingerprint density at radius 2 is 2.00 bits per heavy atom. The molecule has 1 aromatic carbocycles. The van der Waals surface area contributed by atoms with Gasteiger partial charge in [-0.15, -0.1) is 0 Å². The van der Waals surface area contributed by atoms with Crippen LogP contribution in [0.1, 0.15) is 13.8 Å². The molecule has 2 N–H and O–H groups in total. The maximum absolute atomic E-state index is 12.4. The van der Waals surface area contributed by atoms with Gasteiger partial charge in [0.1, 0.15) is 11.9 Å². The van der Waals surface area contributed by atoms with Crippen molar-refractivity contribution in [3.63, 3.8) is 0 Å². The SMILES string of the molecule is CC(C)C1C(=O)NCCN1c1ncc(-c2cccc(Nc3nccc(N4CCOCC4)n3)c2)o1. The molecular weight excluding hydrogens is 434 g/mol. The fourth-order valence-corrected chi connectivity index (χ4v) is 4.35. The summed E-state index contributed by atoms with van der Waals surface area (Å²) in [6.45, 7) is 8.32. The van der Waals surface area contributed by atoms with Crippen molar-refractivity contribution >= 4 is 29.4 Å². The molecule has 5 rings (SSSR count). The van der Waals surface area contributed by atoms with Crippen LogP contribution in [0.2, 0.25) is 0 Å². The number of nitrogens with zero attached hydrogens (tertiary/aromatic N) is 5. The summed E-state index contributed by atoms with van der Waals surface area (Å²) < 4.78 is 11.5. The lowest BCUT2D eigenvalue weighted by molar-refractivity contribution is -0.124. The molecule has 1 unspecified atom stereocenters. The van der Waals surface area contributed by atoms with Crippen LogP contribution < -0.4 is 20.4 Å². The van der Waals surface area contributed by atoms with Gasteiger partial charge >= 0.3 is 0 Å². The van der Waals surface area contributed by atoms with Crippen LogP contribution >= 0.6 is 0 Å². The molecule has 2 fully saturated rings. The number of hydrogen-bond donors (Lipinski definition) is 2. The zero-order valence-corrected chi connectivity index (χ0v) is 19.4. The topological polar surface area (TPSA) is 109 Å². The number of benzene rings is 1. The molecule has 1 atom stereocenters. The van der Waals surface area contributed by atoms with Crippen molar-refractivity contribution in [1.29, 1.82) is 0 Å². The van der Waals surface area contributed by atoms with Crippen LogP contribution in [0.5, 0.6) is 0 Å². The van der Waals surface area contributed by atoms with Gasteiger partial charge < -0.3 is 29.6 Å². The third-order valence-electron chi connectivity index (χ3n) is 6.01. The van der Waals surface area contributed by atoms with Gasteiger partial charge in [0, 0.05) is 43.6 Å².